The van der Waals surface area contributed by atoms with Crippen molar-refractivity contribution in [2.75, 3.05) is 43.5 Å². The number of rotatable bonds is 20. The molecule has 30 heteroatoms. The van der Waals surface area contributed by atoms with Crippen molar-refractivity contribution < 1.29 is 86.9 Å². The molecule has 1 aromatic heterocycles. The van der Waals surface area contributed by atoms with E-state index < -0.39 is 171 Å². The molecule has 0 spiro atoms. The SMILES string of the molecule is CO[C@H]1/C=C/O[C@@]2(C)Oc3c(C)c(O)c4c(=O)c(c5oc6cc(N7CCC(NC(=O)[C@H](Cc8ccccc8)NC(=O)[C@H](CCCNC(N)=O)NC(=O)[C@@H](NC(=O)CCN8C(=O)C=CC8=O)C(C)C)CC7)cc(=O)c6nc5c4c3=C2O)NC(=O)/C(C)=C\C=C\[C@H](C)[C@H](O)[C@@H](C)[C@@H](O)[C@@H](C)[C@H](OC(C)=O)[C@@H]1C. The lowest BCUT2D eigenvalue weighted by atomic mass is 9.78. The molecule has 4 aliphatic rings. The van der Waals surface area contributed by atoms with Gasteiger partial charge in [0.05, 0.1) is 35.2 Å². The van der Waals surface area contributed by atoms with E-state index in [1.54, 1.807) is 78.0 Å². The van der Waals surface area contributed by atoms with Crippen LogP contribution in [0.25, 0.3) is 38.7 Å². The number of ether oxygens (including phenoxy) is 4. The van der Waals surface area contributed by atoms with Gasteiger partial charge in [0, 0.05) is 136 Å². The summed E-state index contributed by atoms with van der Waals surface area (Å²) in [6.07, 6.45) is 5.63. The number of nitrogens with two attached hydrogens (primary N) is 1. The Morgan fingerprint density at radius 3 is 2.16 bits per heavy atom. The topological polar surface area (TPSA) is 436 Å². The zero-order valence-corrected chi connectivity index (χ0v) is 60.4. The molecule has 30 nitrogen and oxygen atoms in total. The number of nitrogens with one attached hydrogen (secondary N) is 6. The third-order valence-corrected chi connectivity index (χ3v) is 19.9. The highest BCUT2D eigenvalue weighted by molar-refractivity contribution is 6.17. The smallest absolute Gasteiger partial charge is 0.312 e. The minimum Gasteiger partial charge on any atom is -0.507 e. The Kier molecular flexibility index (Phi) is 24.9. The number of benzene rings is 4. The minimum atomic E-state index is -2.09. The average molecular weight is 1450 g/mol. The highest BCUT2D eigenvalue weighted by atomic mass is 16.7. The van der Waals surface area contributed by atoms with Crippen LogP contribution < -0.4 is 63.3 Å². The molecule has 0 radical (unpaired) electrons. The summed E-state index contributed by atoms with van der Waals surface area (Å²) in [6, 6.07) is 6.72. The number of aliphatic hydroxyl groups is 3. The number of aliphatic hydroxyl groups excluding tert-OH is 3. The molecule has 12 N–H and O–H groups in total. The first-order chi connectivity index (χ1) is 49.7. The molecule has 4 aliphatic heterocycles. The summed E-state index contributed by atoms with van der Waals surface area (Å²) in [5.74, 6) is -12.1. The molecule has 12 atom stereocenters. The van der Waals surface area contributed by atoms with Gasteiger partial charge in [-0.1, -0.05) is 90.1 Å². The second kappa shape index (κ2) is 33.4. The number of aromatic nitrogens is 1. The van der Waals surface area contributed by atoms with Gasteiger partial charge in [-0.15, -0.1) is 0 Å². The fourth-order valence-corrected chi connectivity index (χ4v) is 13.7. The fourth-order valence-electron chi connectivity index (χ4n) is 13.7. The number of carbonyl (C=O) groups is 9. The molecule has 9 amide bonds. The molecule has 4 aromatic carbocycles. The third kappa shape index (κ3) is 17.6. The molecule has 0 aliphatic carbocycles. The third-order valence-electron chi connectivity index (χ3n) is 19.9. The van der Waals surface area contributed by atoms with Gasteiger partial charge in [0.1, 0.15) is 46.9 Å². The Morgan fingerprint density at radius 2 is 1.51 bits per heavy atom. The van der Waals surface area contributed by atoms with Crippen molar-refractivity contribution in [3.63, 3.8) is 0 Å². The maximum atomic E-state index is 15.2. The summed E-state index contributed by atoms with van der Waals surface area (Å²) >= 11 is 0. The number of allylic oxidation sites excluding steroid dienone is 2. The summed E-state index contributed by atoms with van der Waals surface area (Å²) in [6.45, 7) is 15.9. The number of aromatic hydroxyl groups is 1. The van der Waals surface area contributed by atoms with Crippen LogP contribution in [0, 0.1) is 36.5 Å². The number of nitrogens with zero attached hydrogens (tertiary/aromatic N) is 3. The van der Waals surface area contributed by atoms with Gasteiger partial charge in [0.15, 0.2) is 22.4 Å². The molecule has 1 fully saturated rings. The first-order valence-electron chi connectivity index (χ1n) is 34.9. The van der Waals surface area contributed by atoms with Crippen LogP contribution in [0.2, 0.25) is 0 Å². The Bertz CT molecular complexity index is 4510. The minimum absolute atomic E-state index is 0.0121. The Hall–Kier alpha value is -10.7. The van der Waals surface area contributed by atoms with Gasteiger partial charge < -0.3 is 86.3 Å². The molecule has 105 heavy (non-hydrogen) atoms. The van der Waals surface area contributed by atoms with Crippen LogP contribution in [0.5, 0.6) is 11.5 Å². The number of hydrogen-bond acceptors (Lipinski definition) is 22. The quantitative estimate of drug-likeness (QED) is 0.0174. The lowest BCUT2D eigenvalue weighted by Gasteiger charge is -2.38. The van der Waals surface area contributed by atoms with E-state index in [2.05, 4.69) is 31.9 Å². The predicted octanol–water partition coefficient (Wildman–Crippen LogP) is 3.76. The molecular formula is C75H92N10O20. The number of imide groups is 1. The molecule has 5 heterocycles. The molecule has 1 saturated heterocycles. The van der Waals surface area contributed by atoms with Crippen LogP contribution in [0.1, 0.15) is 106 Å². The maximum Gasteiger partial charge on any atom is 0.312 e. The second-order valence-electron chi connectivity index (χ2n) is 27.8. The largest absolute Gasteiger partial charge is 0.507 e. The van der Waals surface area contributed by atoms with E-state index >= 15 is 4.79 Å². The standard InChI is InChI=1S/C75H92N10O20/c1-36(2)58(81-52(88)26-31-85-53(89)22-23-54(85)90)73(99)79-47(21-16-28-77-74(76)100)71(97)80-48(33-44-19-13-12-14-20-44)72(98)78-45-24-29-84(30-25-45)46-34-49(87)59-51(35-46)104-68-60(82-59)55-56-64(93)42(8)67-57(55)69(95)75(10,105-67)102-32-27-50(101-11)39(5)66(103-43(9)86)41(7)63(92)40(6)62(91)37(3)17-15-18-38(4)70(96)83-61(68)65(56)94/h12-15,17-20,22-23,27,32,34-37,39-41,45,47-48,50,58,62-63,66,91-93,95H,16,21,24-26,28-31,33H2,1-11H3,(H,78,98)(H,79,99)(H,80,97)(H,81,88)(H,83,96)(H3,76,77,100)/b17-15+,32-27+,38-18-/t37-,39+,40+,41+,47-,48-,50-,58-,62-,63+,66+,75-/m0/s1. The van der Waals surface area contributed by atoms with Crippen molar-refractivity contribution in [2.45, 2.75) is 162 Å². The van der Waals surface area contributed by atoms with Crippen molar-refractivity contribution in [1.82, 2.24) is 36.5 Å². The van der Waals surface area contributed by atoms with Crippen LogP contribution >= 0.6 is 0 Å². The lowest BCUT2D eigenvalue weighted by molar-refractivity contribution is -0.160. The number of fused-ring (bicyclic) bond motifs is 2. The molecule has 4 bridgehead atoms. The number of phenolic OH excluding ortho intramolecular Hbond substituents is 1. The molecule has 0 saturated carbocycles. The molecule has 0 unspecified atom stereocenters. The van der Waals surface area contributed by atoms with Crippen molar-refractivity contribution in [3.8, 4) is 11.5 Å². The van der Waals surface area contributed by atoms with Gasteiger partial charge in [-0.05, 0) is 57.1 Å². The summed E-state index contributed by atoms with van der Waals surface area (Å²) in [4.78, 5) is 156. The summed E-state index contributed by atoms with van der Waals surface area (Å²) < 4.78 is 30.8. The first kappa shape index (κ1) is 78.4. The van der Waals surface area contributed by atoms with E-state index in [9.17, 15) is 68.4 Å². The Labute approximate surface area is 604 Å². The summed E-state index contributed by atoms with van der Waals surface area (Å²) in [5.41, 5.74) is 3.22. The number of hydrogen-bond donors (Lipinski definition) is 11. The van der Waals surface area contributed by atoms with Gasteiger partial charge in [-0.2, -0.15) is 0 Å². The monoisotopic (exact) mass is 1450 g/mol. The molecular weight excluding hydrogens is 1360 g/mol. The number of piperidine rings is 1. The van der Waals surface area contributed by atoms with E-state index in [0.717, 1.165) is 17.1 Å². The van der Waals surface area contributed by atoms with Gasteiger partial charge >= 0.3 is 17.8 Å². The van der Waals surface area contributed by atoms with Crippen LogP contribution in [0.4, 0.5) is 16.2 Å². The second-order valence-corrected chi connectivity index (χ2v) is 27.8. The van der Waals surface area contributed by atoms with Crippen LogP contribution in [0.3, 0.4) is 0 Å². The van der Waals surface area contributed by atoms with Crippen molar-refractivity contribution in [1.29, 1.82) is 0 Å². The Balaban J connectivity index is 1.02. The van der Waals surface area contributed by atoms with E-state index in [1.807, 2.05) is 4.90 Å². The Morgan fingerprint density at radius 1 is 0.838 bits per heavy atom. The van der Waals surface area contributed by atoms with E-state index in [4.69, 9.17) is 34.1 Å². The highest BCUT2D eigenvalue weighted by Gasteiger charge is 2.45. The van der Waals surface area contributed by atoms with Gasteiger partial charge in [-0.25, -0.2) is 9.78 Å². The fraction of sp³-hybridized carbons (Fsp3) is 0.467. The zero-order valence-electron chi connectivity index (χ0n) is 60.4. The highest BCUT2D eigenvalue weighted by Crippen LogP contribution is 2.43. The average Bonchev–Trinajstić information content (AvgIpc) is 1.69. The van der Waals surface area contributed by atoms with Gasteiger partial charge in [-0.3, -0.25) is 52.8 Å². The van der Waals surface area contributed by atoms with Crippen LogP contribution in [-0.4, -0.2) is 171 Å². The van der Waals surface area contributed by atoms with Crippen molar-refractivity contribution in [2.24, 2.45) is 35.3 Å². The number of urea groups is 1. The van der Waals surface area contributed by atoms with Crippen LogP contribution in [0.15, 0.2) is 105 Å². The number of primary amides is 1. The number of carbonyl (C=O) groups excluding carboxylic acids is 9. The predicted molar refractivity (Wildman–Crippen MR) is 386 cm³/mol. The summed E-state index contributed by atoms with van der Waals surface area (Å²) in [7, 11) is 1.41. The number of amides is 9. The lowest BCUT2D eigenvalue weighted by Crippen LogP contribution is -2.59. The van der Waals surface area contributed by atoms with Gasteiger partial charge in [0.25, 0.3) is 17.7 Å². The maximum absolute atomic E-state index is 15.2. The van der Waals surface area contributed by atoms with E-state index in [0.29, 0.717) is 24.1 Å². The van der Waals surface area contributed by atoms with Crippen molar-refractivity contribution >= 4 is 103 Å². The van der Waals surface area contributed by atoms with E-state index in [1.165, 1.54) is 71.4 Å². The number of methoxy groups -OCH3 is 1. The first-order valence-corrected chi connectivity index (χ1v) is 34.9. The number of phenols is 1. The number of esters is 1. The van der Waals surface area contributed by atoms with Crippen LogP contribution in [-0.2, 0) is 59.0 Å². The normalized spacial score (nSPS) is 24.5. The molecule has 9 rings (SSSR count). The molecule has 562 valence electrons. The zero-order chi connectivity index (χ0) is 76.6. The van der Waals surface area contributed by atoms with E-state index in [-0.39, 0.29) is 102 Å². The molecule has 5 aromatic rings. The van der Waals surface area contributed by atoms with Crippen molar-refractivity contribution in [3.05, 3.63) is 128 Å². The summed E-state index contributed by atoms with van der Waals surface area (Å²) in [5, 5.41) is 63.4. The number of anilines is 2. The van der Waals surface area contributed by atoms with Gasteiger partial charge in [0.2, 0.25) is 34.5 Å².